The Hall–Kier alpha value is -1.02. The zero-order valence-corrected chi connectivity index (χ0v) is 11.6. The molecule has 1 N–H and O–H groups in total. The van der Waals surface area contributed by atoms with E-state index in [1.54, 1.807) is 0 Å². The van der Waals surface area contributed by atoms with Gasteiger partial charge < -0.3 is 10.1 Å². The summed E-state index contributed by atoms with van der Waals surface area (Å²) >= 11 is 0. The highest BCUT2D eigenvalue weighted by atomic mass is 16.5. The van der Waals surface area contributed by atoms with Gasteiger partial charge in [-0.1, -0.05) is 38.0 Å². The summed E-state index contributed by atoms with van der Waals surface area (Å²) in [6, 6.07) is 9.15. The maximum atomic E-state index is 5.53. The van der Waals surface area contributed by atoms with Crippen LogP contribution in [-0.4, -0.2) is 12.6 Å². The summed E-state index contributed by atoms with van der Waals surface area (Å²) in [5, 5.41) is 3.71. The summed E-state index contributed by atoms with van der Waals surface area (Å²) in [4.78, 5) is 0. The number of anilines is 1. The number of benzene rings is 1. The van der Waals surface area contributed by atoms with E-state index in [4.69, 9.17) is 4.74 Å². The van der Waals surface area contributed by atoms with Crippen molar-refractivity contribution in [1.29, 1.82) is 0 Å². The van der Waals surface area contributed by atoms with Crippen molar-refractivity contribution in [2.75, 3.05) is 11.9 Å². The van der Waals surface area contributed by atoms with Gasteiger partial charge in [0.05, 0.1) is 6.61 Å². The molecule has 2 unspecified atom stereocenters. The smallest absolute Gasteiger partial charge is 0.0736 e. The predicted molar refractivity (Wildman–Crippen MR) is 76.8 cm³/mol. The first-order valence-corrected chi connectivity index (χ1v) is 7.21. The molecule has 1 aliphatic rings. The van der Waals surface area contributed by atoms with Crippen LogP contribution in [-0.2, 0) is 11.3 Å². The third-order valence-corrected chi connectivity index (χ3v) is 3.78. The van der Waals surface area contributed by atoms with Crippen molar-refractivity contribution in [3.05, 3.63) is 29.8 Å². The fourth-order valence-electron chi connectivity index (χ4n) is 2.78. The van der Waals surface area contributed by atoms with Crippen LogP contribution < -0.4 is 5.32 Å². The molecule has 100 valence electrons. The molecule has 18 heavy (non-hydrogen) atoms. The van der Waals surface area contributed by atoms with Gasteiger partial charge in [0.1, 0.15) is 0 Å². The van der Waals surface area contributed by atoms with Crippen molar-refractivity contribution in [1.82, 2.24) is 0 Å². The first kappa shape index (κ1) is 13.4. The second-order valence-electron chi connectivity index (χ2n) is 5.41. The average Bonchev–Trinajstić information content (AvgIpc) is 2.38. The largest absolute Gasteiger partial charge is 0.382 e. The Labute approximate surface area is 111 Å². The van der Waals surface area contributed by atoms with Gasteiger partial charge in [0.2, 0.25) is 0 Å². The summed E-state index contributed by atoms with van der Waals surface area (Å²) in [5.41, 5.74) is 2.53. The highest BCUT2D eigenvalue weighted by Gasteiger charge is 2.19. The van der Waals surface area contributed by atoms with Crippen molar-refractivity contribution in [2.24, 2.45) is 5.92 Å². The van der Waals surface area contributed by atoms with Crippen LogP contribution in [0.5, 0.6) is 0 Å². The number of rotatable bonds is 5. The first-order chi connectivity index (χ1) is 8.79. The van der Waals surface area contributed by atoms with E-state index in [1.807, 2.05) is 6.92 Å². The molecule has 2 heteroatoms. The summed E-state index contributed by atoms with van der Waals surface area (Å²) in [7, 11) is 0. The maximum absolute atomic E-state index is 5.53. The monoisotopic (exact) mass is 247 g/mol. The third kappa shape index (κ3) is 3.74. The van der Waals surface area contributed by atoms with Gasteiger partial charge in [-0.2, -0.15) is 0 Å². The second-order valence-corrected chi connectivity index (χ2v) is 5.41. The Morgan fingerprint density at radius 3 is 2.89 bits per heavy atom. The summed E-state index contributed by atoms with van der Waals surface area (Å²) in [5.74, 6) is 0.857. The Bertz CT molecular complexity index is 364. The molecule has 2 nitrogen and oxygen atoms in total. The fourth-order valence-corrected chi connectivity index (χ4v) is 2.78. The second kappa shape index (κ2) is 6.79. The van der Waals surface area contributed by atoms with Crippen LogP contribution in [0.15, 0.2) is 24.3 Å². The van der Waals surface area contributed by atoms with Crippen molar-refractivity contribution >= 4 is 5.69 Å². The molecule has 0 amide bonds. The summed E-state index contributed by atoms with van der Waals surface area (Å²) in [6.45, 7) is 5.88. The van der Waals surface area contributed by atoms with E-state index >= 15 is 0 Å². The predicted octanol–water partition coefficient (Wildman–Crippen LogP) is 4.21. The lowest BCUT2D eigenvalue weighted by molar-refractivity contribution is 0.134. The molecule has 2 atom stereocenters. The lowest BCUT2D eigenvalue weighted by Crippen LogP contribution is -2.26. The average molecular weight is 247 g/mol. The van der Waals surface area contributed by atoms with Gasteiger partial charge >= 0.3 is 0 Å². The molecular formula is C16H25NO. The molecule has 1 aromatic rings. The lowest BCUT2D eigenvalue weighted by atomic mass is 9.87. The van der Waals surface area contributed by atoms with E-state index < -0.39 is 0 Å². The van der Waals surface area contributed by atoms with Crippen LogP contribution in [0.3, 0.4) is 0 Å². The maximum Gasteiger partial charge on any atom is 0.0736 e. The van der Waals surface area contributed by atoms with Gasteiger partial charge in [0.15, 0.2) is 0 Å². The molecule has 0 heterocycles. The molecular weight excluding hydrogens is 222 g/mol. The van der Waals surface area contributed by atoms with Crippen molar-refractivity contribution in [3.63, 3.8) is 0 Å². The van der Waals surface area contributed by atoms with E-state index in [0.717, 1.165) is 12.5 Å². The number of hydrogen-bond acceptors (Lipinski definition) is 2. The van der Waals surface area contributed by atoms with Gasteiger partial charge in [-0.05, 0) is 31.7 Å². The number of hydrogen-bond donors (Lipinski definition) is 1. The molecule has 1 fully saturated rings. The van der Waals surface area contributed by atoms with Crippen molar-refractivity contribution in [3.8, 4) is 0 Å². The van der Waals surface area contributed by atoms with Crippen LogP contribution >= 0.6 is 0 Å². The van der Waals surface area contributed by atoms with E-state index in [-0.39, 0.29) is 0 Å². The molecule has 0 saturated heterocycles. The Balaban J connectivity index is 1.99. The highest BCUT2D eigenvalue weighted by molar-refractivity contribution is 5.51. The Morgan fingerprint density at radius 1 is 1.28 bits per heavy atom. The zero-order valence-electron chi connectivity index (χ0n) is 11.6. The lowest BCUT2D eigenvalue weighted by Gasteiger charge is -2.29. The fraction of sp³-hybridized carbons (Fsp3) is 0.625. The summed E-state index contributed by atoms with van der Waals surface area (Å²) in [6.07, 6.45) is 5.33. The van der Waals surface area contributed by atoms with Crippen LogP contribution in [0.2, 0.25) is 0 Å². The van der Waals surface area contributed by atoms with Crippen LogP contribution in [0.1, 0.15) is 45.1 Å². The van der Waals surface area contributed by atoms with E-state index in [1.165, 1.54) is 36.9 Å². The van der Waals surface area contributed by atoms with Crippen molar-refractivity contribution < 1.29 is 4.74 Å². The van der Waals surface area contributed by atoms with Gasteiger partial charge in [-0.15, -0.1) is 0 Å². The zero-order chi connectivity index (χ0) is 12.8. The minimum atomic E-state index is 0.636. The molecule has 0 bridgehead atoms. The van der Waals surface area contributed by atoms with Gasteiger partial charge in [-0.3, -0.25) is 0 Å². The molecule has 0 spiro atoms. The number of nitrogens with one attached hydrogen (secondary N) is 1. The van der Waals surface area contributed by atoms with E-state index in [0.29, 0.717) is 12.6 Å². The minimum Gasteiger partial charge on any atom is -0.382 e. The quantitative estimate of drug-likeness (QED) is 0.841. The summed E-state index contributed by atoms with van der Waals surface area (Å²) < 4.78 is 5.53. The SMILES string of the molecule is CCOCc1ccccc1NC1CCCC(C)C1. The molecule has 1 aromatic carbocycles. The van der Waals surface area contributed by atoms with Gasteiger partial charge in [0, 0.05) is 23.9 Å². The number of para-hydroxylation sites is 1. The standard InChI is InChI=1S/C16H25NO/c1-3-18-12-14-8-4-5-10-16(14)17-15-9-6-7-13(2)11-15/h4-5,8,10,13,15,17H,3,6-7,9,11-12H2,1-2H3. The number of ether oxygens (including phenoxy) is 1. The van der Waals surface area contributed by atoms with Gasteiger partial charge in [0.25, 0.3) is 0 Å². The minimum absolute atomic E-state index is 0.636. The molecule has 2 rings (SSSR count). The first-order valence-electron chi connectivity index (χ1n) is 7.21. The topological polar surface area (TPSA) is 21.3 Å². The Kier molecular flexibility index (Phi) is 5.06. The third-order valence-electron chi connectivity index (χ3n) is 3.78. The van der Waals surface area contributed by atoms with E-state index in [9.17, 15) is 0 Å². The highest BCUT2D eigenvalue weighted by Crippen LogP contribution is 2.27. The molecule has 0 aromatic heterocycles. The Morgan fingerprint density at radius 2 is 2.11 bits per heavy atom. The van der Waals surface area contributed by atoms with E-state index in [2.05, 4.69) is 36.5 Å². The molecule has 0 aliphatic heterocycles. The van der Waals surface area contributed by atoms with Gasteiger partial charge in [-0.25, -0.2) is 0 Å². The molecule has 1 saturated carbocycles. The normalized spacial score (nSPS) is 23.9. The van der Waals surface area contributed by atoms with Crippen LogP contribution in [0, 0.1) is 5.92 Å². The van der Waals surface area contributed by atoms with Crippen LogP contribution in [0.25, 0.3) is 0 Å². The molecule has 0 radical (unpaired) electrons. The molecule has 1 aliphatic carbocycles. The van der Waals surface area contributed by atoms with Crippen LogP contribution in [0.4, 0.5) is 5.69 Å². The van der Waals surface area contributed by atoms with Crippen molar-refractivity contribution in [2.45, 2.75) is 52.2 Å².